The van der Waals surface area contributed by atoms with Gasteiger partial charge in [-0.15, -0.1) is 0 Å². The highest BCUT2D eigenvalue weighted by Gasteiger charge is 2.26. The lowest BCUT2D eigenvalue weighted by Crippen LogP contribution is -2.26. The van der Waals surface area contributed by atoms with E-state index in [4.69, 9.17) is 5.73 Å². The second kappa shape index (κ2) is 7.28. The highest BCUT2D eigenvalue weighted by molar-refractivity contribution is 5.92. The van der Waals surface area contributed by atoms with Gasteiger partial charge in [-0.25, -0.2) is 0 Å². The molecule has 0 fully saturated rings. The van der Waals surface area contributed by atoms with E-state index < -0.39 is 18.5 Å². The van der Waals surface area contributed by atoms with E-state index in [0.29, 0.717) is 18.5 Å². The van der Waals surface area contributed by atoms with Crippen molar-refractivity contribution in [2.24, 2.45) is 5.73 Å². The molecule has 0 aliphatic heterocycles. The Kier molecular flexibility index (Phi) is 6.01. The van der Waals surface area contributed by atoms with Crippen molar-refractivity contribution in [2.75, 3.05) is 0 Å². The first-order valence-corrected chi connectivity index (χ1v) is 6.47. The van der Waals surface area contributed by atoms with E-state index in [1.807, 2.05) is 13.0 Å². The smallest absolute Gasteiger partial charge is 0.366 e. The van der Waals surface area contributed by atoms with Gasteiger partial charge in [-0.1, -0.05) is 12.1 Å². The molecule has 1 unspecified atom stereocenters. The third kappa shape index (κ3) is 6.56. The van der Waals surface area contributed by atoms with Gasteiger partial charge in [-0.3, -0.25) is 4.79 Å². The van der Waals surface area contributed by atoms with Gasteiger partial charge in [0, 0.05) is 24.6 Å². The van der Waals surface area contributed by atoms with Gasteiger partial charge in [0.15, 0.2) is 0 Å². The number of primary amides is 1. The number of halogens is 3. The van der Waals surface area contributed by atoms with Crippen LogP contribution in [0.4, 0.5) is 13.2 Å². The van der Waals surface area contributed by atoms with Crippen molar-refractivity contribution >= 4 is 5.91 Å². The molecule has 1 aromatic rings. The Morgan fingerprint density at radius 3 is 2.70 bits per heavy atom. The van der Waals surface area contributed by atoms with Crippen molar-refractivity contribution in [3.63, 3.8) is 0 Å². The van der Waals surface area contributed by atoms with E-state index in [2.05, 4.69) is 5.32 Å². The molecule has 112 valence electrons. The molecule has 0 aromatic heterocycles. The van der Waals surface area contributed by atoms with Gasteiger partial charge < -0.3 is 11.1 Å². The molecule has 3 nitrogen and oxygen atoms in total. The molecule has 0 aliphatic rings. The van der Waals surface area contributed by atoms with Gasteiger partial charge in [0.25, 0.3) is 0 Å². The summed E-state index contributed by atoms with van der Waals surface area (Å²) in [6.07, 6.45) is -4.28. The minimum absolute atomic E-state index is 0.0189. The summed E-state index contributed by atoms with van der Waals surface area (Å²) >= 11 is 0. The monoisotopic (exact) mass is 288 g/mol. The van der Waals surface area contributed by atoms with Crippen LogP contribution in [0.15, 0.2) is 24.3 Å². The lowest BCUT2D eigenvalue weighted by Gasteiger charge is -2.14. The Hall–Kier alpha value is -1.56. The summed E-state index contributed by atoms with van der Waals surface area (Å²) in [5, 5.41) is 3.13. The second-order valence-electron chi connectivity index (χ2n) is 4.85. The van der Waals surface area contributed by atoms with E-state index in [1.165, 1.54) is 0 Å². The van der Waals surface area contributed by atoms with Crippen LogP contribution in [0, 0.1) is 0 Å². The number of nitrogens with two attached hydrogens (primary N) is 1. The van der Waals surface area contributed by atoms with Crippen LogP contribution in [0.3, 0.4) is 0 Å². The van der Waals surface area contributed by atoms with Crippen LogP contribution in [-0.2, 0) is 6.54 Å². The number of alkyl halides is 3. The highest BCUT2D eigenvalue weighted by atomic mass is 19.4. The Balaban J connectivity index is 2.35. The first kappa shape index (κ1) is 16.5. The van der Waals surface area contributed by atoms with Crippen LogP contribution in [0.2, 0.25) is 0 Å². The SMILES string of the molecule is CC(CCCC(F)(F)F)NCc1cccc(C(N)=O)c1. The summed E-state index contributed by atoms with van der Waals surface area (Å²) in [6, 6.07) is 6.85. The van der Waals surface area contributed by atoms with Crippen LogP contribution in [0.25, 0.3) is 0 Å². The average Bonchev–Trinajstić information content (AvgIpc) is 2.35. The van der Waals surface area contributed by atoms with E-state index >= 15 is 0 Å². The van der Waals surface area contributed by atoms with Gasteiger partial charge in [0.1, 0.15) is 0 Å². The number of amides is 1. The number of benzene rings is 1. The maximum absolute atomic E-state index is 12.0. The zero-order chi connectivity index (χ0) is 15.2. The molecule has 0 bridgehead atoms. The first-order chi connectivity index (χ1) is 9.28. The second-order valence-corrected chi connectivity index (χ2v) is 4.85. The largest absolute Gasteiger partial charge is 0.389 e. The molecule has 3 N–H and O–H groups in total. The Bertz CT molecular complexity index is 446. The van der Waals surface area contributed by atoms with E-state index in [-0.39, 0.29) is 12.5 Å². The van der Waals surface area contributed by atoms with Gasteiger partial charge in [-0.05, 0) is 37.5 Å². The fourth-order valence-corrected chi connectivity index (χ4v) is 1.84. The lowest BCUT2D eigenvalue weighted by atomic mass is 10.1. The van der Waals surface area contributed by atoms with Crippen LogP contribution >= 0.6 is 0 Å². The Morgan fingerprint density at radius 1 is 1.40 bits per heavy atom. The van der Waals surface area contributed by atoms with Crippen molar-refractivity contribution < 1.29 is 18.0 Å². The number of rotatable bonds is 7. The minimum atomic E-state index is -4.09. The number of carbonyl (C=O) groups is 1. The summed E-state index contributed by atoms with van der Waals surface area (Å²) in [4.78, 5) is 11.0. The van der Waals surface area contributed by atoms with Gasteiger partial charge >= 0.3 is 6.18 Å². The Morgan fingerprint density at radius 2 is 2.10 bits per heavy atom. The molecule has 0 spiro atoms. The fraction of sp³-hybridized carbons (Fsp3) is 0.500. The molecular weight excluding hydrogens is 269 g/mol. The molecule has 1 aromatic carbocycles. The molecule has 0 heterocycles. The Labute approximate surface area is 116 Å². The third-order valence-corrected chi connectivity index (χ3v) is 2.96. The summed E-state index contributed by atoms with van der Waals surface area (Å²) in [7, 11) is 0. The normalized spacial score (nSPS) is 13.2. The number of hydrogen-bond donors (Lipinski definition) is 2. The van der Waals surface area contributed by atoms with Crippen LogP contribution in [-0.4, -0.2) is 18.1 Å². The van der Waals surface area contributed by atoms with Gasteiger partial charge in [-0.2, -0.15) is 13.2 Å². The van der Waals surface area contributed by atoms with E-state index in [9.17, 15) is 18.0 Å². The average molecular weight is 288 g/mol. The maximum atomic E-state index is 12.0. The quantitative estimate of drug-likeness (QED) is 0.810. The fourth-order valence-electron chi connectivity index (χ4n) is 1.84. The van der Waals surface area contributed by atoms with Crippen molar-refractivity contribution in [2.45, 2.75) is 44.9 Å². The van der Waals surface area contributed by atoms with E-state index in [1.54, 1.807) is 18.2 Å². The van der Waals surface area contributed by atoms with Crippen molar-refractivity contribution in [1.82, 2.24) is 5.32 Å². The summed E-state index contributed by atoms with van der Waals surface area (Å²) in [5.74, 6) is -0.495. The summed E-state index contributed by atoms with van der Waals surface area (Å²) in [5.41, 5.74) is 6.48. The minimum Gasteiger partial charge on any atom is -0.366 e. The van der Waals surface area contributed by atoms with Crippen LogP contribution in [0.1, 0.15) is 42.1 Å². The zero-order valence-electron chi connectivity index (χ0n) is 11.3. The number of carbonyl (C=O) groups excluding carboxylic acids is 1. The third-order valence-electron chi connectivity index (χ3n) is 2.96. The molecule has 0 saturated heterocycles. The highest BCUT2D eigenvalue weighted by Crippen LogP contribution is 2.22. The zero-order valence-corrected chi connectivity index (χ0v) is 11.3. The molecule has 1 atom stereocenters. The molecule has 1 rings (SSSR count). The molecule has 0 aliphatic carbocycles. The van der Waals surface area contributed by atoms with Gasteiger partial charge in [0.2, 0.25) is 5.91 Å². The molecule has 20 heavy (non-hydrogen) atoms. The maximum Gasteiger partial charge on any atom is 0.389 e. The van der Waals surface area contributed by atoms with Crippen LogP contribution < -0.4 is 11.1 Å². The van der Waals surface area contributed by atoms with E-state index in [0.717, 1.165) is 5.56 Å². The summed E-state index contributed by atoms with van der Waals surface area (Å²) in [6.45, 7) is 2.34. The molecule has 6 heteroatoms. The van der Waals surface area contributed by atoms with Gasteiger partial charge in [0.05, 0.1) is 0 Å². The van der Waals surface area contributed by atoms with Crippen molar-refractivity contribution in [1.29, 1.82) is 0 Å². The number of hydrogen-bond acceptors (Lipinski definition) is 2. The molecule has 1 amide bonds. The first-order valence-electron chi connectivity index (χ1n) is 6.47. The predicted octanol–water partition coefficient (Wildman–Crippen LogP) is 3.00. The summed E-state index contributed by atoms with van der Waals surface area (Å²) < 4.78 is 36.0. The molecule has 0 radical (unpaired) electrons. The number of nitrogens with one attached hydrogen (secondary N) is 1. The van der Waals surface area contributed by atoms with Crippen molar-refractivity contribution in [3.05, 3.63) is 35.4 Å². The predicted molar refractivity (Wildman–Crippen MR) is 71.2 cm³/mol. The standard InChI is InChI=1S/C14H19F3N2O/c1-10(4-3-7-14(15,16)17)19-9-11-5-2-6-12(8-11)13(18)20/h2,5-6,8,10,19H,3-4,7,9H2,1H3,(H2,18,20). The van der Waals surface area contributed by atoms with Crippen LogP contribution in [0.5, 0.6) is 0 Å². The molecule has 0 saturated carbocycles. The lowest BCUT2D eigenvalue weighted by molar-refractivity contribution is -0.135. The molecular formula is C14H19F3N2O. The van der Waals surface area contributed by atoms with Crippen molar-refractivity contribution in [3.8, 4) is 0 Å². The topological polar surface area (TPSA) is 55.1 Å².